The number of nitro groups is 1. The standard InChI is InChI=1S/C17H15N3O5S/c1-3-10-25-17-7-5-4-6-14(17)12-18-19-26(23,24)15-9-8-13(2)16(11-15)20(21)22/h1,4-9,11-12,19H,10H2,2H3/b18-12-. The summed E-state index contributed by atoms with van der Waals surface area (Å²) in [6, 6.07) is 10.4. The monoisotopic (exact) mass is 373 g/mol. The first kappa shape index (κ1) is 19.0. The van der Waals surface area contributed by atoms with E-state index in [1.807, 2.05) is 4.83 Å². The average molecular weight is 373 g/mol. The van der Waals surface area contributed by atoms with Gasteiger partial charge in [-0.15, -0.1) is 6.42 Å². The normalized spacial score (nSPS) is 11.1. The molecule has 0 heterocycles. The summed E-state index contributed by atoms with van der Waals surface area (Å²) >= 11 is 0. The largest absolute Gasteiger partial charge is 0.480 e. The van der Waals surface area contributed by atoms with E-state index in [9.17, 15) is 18.5 Å². The molecule has 0 aliphatic heterocycles. The van der Waals surface area contributed by atoms with Gasteiger partial charge in [0.25, 0.3) is 15.7 Å². The molecule has 2 rings (SSSR count). The van der Waals surface area contributed by atoms with Crippen LogP contribution in [0.1, 0.15) is 11.1 Å². The second-order valence-electron chi connectivity index (χ2n) is 5.09. The molecule has 0 bridgehead atoms. The number of terminal acetylenes is 1. The molecule has 0 unspecified atom stereocenters. The molecule has 2 aromatic carbocycles. The Morgan fingerprint density at radius 2 is 2.08 bits per heavy atom. The van der Waals surface area contributed by atoms with Gasteiger partial charge in [-0.3, -0.25) is 10.1 Å². The van der Waals surface area contributed by atoms with Crippen LogP contribution in [0.15, 0.2) is 52.5 Å². The molecular formula is C17H15N3O5S. The maximum absolute atomic E-state index is 12.3. The fourth-order valence-electron chi connectivity index (χ4n) is 2.01. The van der Waals surface area contributed by atoms with Crippen molar-refractivity contribution < 1.29 is 18.1 Å². The first-order valence-electron chi connectivity index (χ1n) is 7.30. The van der Waals surface area contributed by atoms with Gasteiger partial charge in [-0.05, 0) is 25.1 Å². The molecule has 0 aromatic heterocycles. The molecule has 26 heavy (non-hydrogen) atoms. The topological polar surface area (TPSA) is 111 Å². The Labute approximate surface area is 150 Å². The summed E-state index contributed by atoms with van der Waals surface area (Å²) in [7, 11) is -4.06. The summed E-state index contributed by atoms with van der Waals surface area (Å²) in [5.41, 5.74) is 0.585. The number of ether oxygens (including phenoxy) is 1. The van der Waals surface area contributed by atoms with Crippen LogP contribution in [0.4, 0.5) is 5.69 Å². The van der Waals surface area contributed by atoms with Crippen molar-refractivity contribution in [3.8, 4) is 18.1 Å². The Morgan fingerprint density at radius 1 is 1.35 bits per heavy atom. The minimum absolute atomic E-state index is 0.0591. The molecule has 0 radical (unpaired) electrons. The van der Waals surface area contributed by atoms with Crippen molar-refractivity contribution in [1.29, 1.82) is 0 Å². The van der Waals surface area contributed by atoms with Crippen molar-refractivity contribution >= 4 is 21.9 Å². The zero-order chi connectivity index (χ0) is 19.2. The van der Waals surface area contributed by atoms with Crippen LogP contribution in [0, 0.1) is 29.4 Å². The highest BCUT2D eigenvalue weighted by atomic mass is 32.2. The molecule has 1 N–H and O–H groups in total. The highest BCUT2D eigenvalue weighted by Crippen LogP contribution is 2.22. The molecule has 0 atom stereocenters. The molecule has 134 valence electrons. The number of hydrazone groups is 1. The Hall–Kier alpha value is -3.38. The molecule has 0 spiro atoms. The highest BCUT2D eigenvalue weighted by molar-refractivity contribution is 7.89. The van der Waals surface area contributed by atoms with Crippen LogP contribution >= 0.6 is 0 Å². The third-order valence-corrected chi connectivity index (χ3v) is 4.51. The van der Waals surface area contributed by atoms with Crippen LogP contribution in [0.3, 0.4) is 0 Å². The van der Waals surface area contributed by atoms with Gasteiger partial charge in [-0.25, -0.2) is 4.83 Å². The van der Waals surface area contributed by atoms with E-state index >= 15 is 0 Å². The Balaban J connectivity index is 2.21. The lowest BCUT2D eigenvalue weighted by Crippen LogP contribution is -2.18. The number of hydrogen-bond acceptors (Lipinski definition) is 6. The molecule has 2 aromatic rings. The molecule has 9 heteroatoms. The van der Waals surface area contributed by atoms with Gasteiger partial charge in [-0.1, -0.05) is 24.1 Å². The van der Waals surface area contributed by atoms with Crippen molar-refractivity contribution in [2.24, 2.45) is 5.10 Å². The molecule has 0 saturated heterocycles. The molecular weight excluding hydrogens is 358 g/mol. The predicted molar refractivity (Wildman–Crippen MR) is 96.5 cm³/mol. The van der Waals surface area contributed by atoms with Crippen molar-refractivity contribution in [2.45, 2.75) is 11.8 Å². The van der Waals surface area contributed by atoms with Gasteiger partial charge in [0.05, 0.1) is 16.0 Å². The van der Waals surface area contributed by atoms with Crippen LogP contribution in [0.5, 0.6) is 5.75 Å². The number of sulfonamides is 1. The number of para-hydroxylation sites is 1. The van der Waals surface area contributed by atoms with E-state index in [1.54, 1.807) is 24.3 Å². The second-order valence-corrected chi connectivity index (χ2v) is 6.75. The lowest BCUT2D eigenvalue weighted by molar-refractivity contribution is -0.385. The summed E-state index contributed by atoms with van der Waals surface area (Å²) in [5.74, 6) is 2.77. The first-order chi connectivity index (χ1) is 12.3. The minimum atomic E-state index is -4.06. The van der Waals surface area contributed by atoms with Crippen LogP contribution in [0.2, 0.25) is 0 Å². The van der Waals surface area contributed by atoms with Crippen LogP contribution < -0.4 is 9.57 Å². The SMILES string of the molecule is C#CCOc1ccccc1/C=N\NS(=O)(=O)c1ccc(C)c([N+](=O)[O-])c1. The van der Waals surface area contributed by atoms with E-state index in [4.69, 9.17) is 11.2 Å². The lowest BCUT2D eigenvalue weighted by atomic mass is 10.2. The van der Waals surface area contributed by atoms with E-state index in [2.05, 4.69) is 11.0 Å². The summed E-state index contributed by atoms with van der Waals surface area (Å²) in [4.78, 5) is 12.1. The summed E-state index contributed by atoms with van der Waals surface area (Å²) < 4.78 is 29.8. The smallest absolute Gasteiger partial charge is 0.276 e. The number of hydrogen-bond donors (Lipinski definition) is 1. The first-order valence-corrected chi connectivity index (χ1v) is 8.78. The molecule has 8 nitrogen and oxygen atoms in total. The number of nitrogens with zero attached hydrogens (tertiary/aromatic N) is 2. The molecule has 0 aliphatic carbocycles. The van der Waals surface area contributed by atoms with Gasteiger partial charge in [0.2, 0.25) is 0 Å². The Bertz CT molecular complexity index is 994. The fourth-order valence-corrected chi connectivity index (χ4v) is 2.82. The maximum Gasteiger partial charge on any atom is 0.276 e. The van der Waals surface area contributed by atoms with Crippen LogP contribution in [0.25, 0.3) is 0 Å². The Kier molecular flexibility index (Phi) is 5.93. The summed E-state index contributed by atoms with van der Waals surface area (Å²) in [5, 5.41) is 14.6. The van der Waals surface area contributed by atoms with Crippen molar-refractivity contribution in [3.05, 3.63) is 63.7 Å². The average Bonchev–Trinajstić information content (AvgIpc) is 2.60. The molecule has 0 fully saturated rings. The number of rotatable bonds is 7. The van der Waals surface area contributed by atoms with Crippen molar-refractivity contribution in [1.82, 2.24) is 4.83 Å². The zero-order valence-corrected chi connectivity index (χ0v) is 14.6. The minimum Gasteiger partial charge on any atom is -0.480 e. The number of nitrogens with one attached hydrogen (secondary N) is 1. The second kappa shape index (κ2) is 8.13. The fraction of sp³-hybridized carbons (Fsp3) is 0.118. The van der Waals surface area contributed by atoms with Gasteiger partial charge < -0.3 is 4.74 Å². The van der Waals surface area contributed by atoms with E-state index in [0.717, 1.165) is 6.07 Å². The number of nitro benzene ring substituents is 1. The predicted octanol–water partition coefficient (Wildman–Crippen LogP) is 2.23. The number of benzene rings is 2. The van der Waals surface area contributed by atoms with Gasteiger partial charge >= 0.3 is 0 Å². The lowest BCUT2D eigenvalue weighted by Gasteiger charge is -2.06. The Morgan fingerprint density at radius 3 is 2.77 bits per heavy atom. The molecule has 0 aliphatic rings. The summed E-state index contributed by atoms with van der Waals surface area (Å²) in [6.07, 6.45) is 6.40. The third kappa shape index (κ3) is 4.58. The van der Waals surface area contributed by atoms with E-state index in [0.29, 0.717) is 16.9 Å². The number of aryl methyl sites for hydroxylation is 1. The van der Waals surface area contributed by atoms with Gasteiger partial charge in [0.1, 0.15) is 12.4 Å². The van der Waals surface area contributed by atoms with E-state index < -0.39 is 14.9 Å². The van der Waals surface area contributed by atoms with Crippen molar-refractivity contribution in [3.63, 3.8) is 0 Å². The van der Waals surface area contributed by atoms with Crippen LogP contribution in [-0.4, -0.2) is 26.2 Å². The van der Waals surface area contributed by atoms with Gasteiger partial charge in [0, 0.05) is 17.2 Å². The molecule has 0 saturated carbocycles. The molecule has 0 amide bonds. The third-order valence-electron chi connectivity index (χ3n) is 3.29. The summed E-state index contributed by atoms with van der Waals surface area (Å²) in [6.45, 7) is 1.58. The van der Waals surface area contributed by atoms with Crippen LogP contribution in [-0.2, 0) is 10.0 Å². The zero-order valence-electron chi connectivity index (χ0n) is 13.7. The maximum atomic E-state index is 12.3. The van der Waals surface area contributed by atoms with Crippen molar-refractivity contribution in [2.75, 3.05) is 6.61 Å². The highest BCUT2D eigenvalue weighted by Gasteiger charge is 2.19. The quantitative estimate of drug-likeness (QED) is 0.346. The van der Waals surface area contributed by atoms with Gasteiger partial charge in [0.15, 0.2) is 0 Å². The van der Waals surface area contributed by atoms with E-state index in [1.165, 1.54) is 25.3 Å². The van der Waals surface area contributed by atoms with E-state index in [-0.39, 0.29) is 17.2 Å². The van der Waals surface area contributed by atoms with Gasteiger partial charge in [-0.2, -0.15) is 13.5 Å².